The van der Waals surface area contributed by atoms with Gasteiger partial charge in [-0.3, -0.25) is 19.5 Å². The molecule has 180 valence electrons. The summed E-state index contributed by atoms with van der Waals surface area (Å²) in [6.07, 6.45) is 2.26. The Morgan fingerprint density at radius 2 is 1.74 bits per heavy atom. The average molecular weight is 487 g/mol. The molecule has 1 aromatic heterocycles. The number of nitro benzene ring substituents is 1. The lowest BCUT2D eigenvalue weighted by Crippen LogP contribution is -2.12. The largest absolute Gasteiger partial charge is 0.356 e. The lowest BCUT2D eigenvalue weighted by Gasteiger charge is -2.17. The van der Waals surface area contributed by atoms with Gasteiger partial charge in [-0.2, -0.15) is 0 Å². The maximum absolute atomic E-state index is 12.7. The number of nitro groups is 1. The number of non-ortho nitro benzene ring substituents is 1. The first-order valence-corrected chi connectivity index (χ1v) is 12.5. The Kier molecular flexibility index (Phi) is 8.70. The highest BCUT2D eigenvalue weighted by Gasteiger charge is 2.24. The number of nitrogens with zero attached hydrogens (tertiary/aromatic N) is 2. The van der Waals surface area contributed by atoms with Crippen LogP contribution in [0.4, 0.5) is 11.4 Å². The summed E-state index contributed by atoms with van der Waals surface area (Å²) in [7, 11) is -3.20. The molecular weight excluding hydrogens is 461 g/mol. The monoisotopic (exact) mass is 487 g/mol. The highest BCUT2D eigenvalue weighted by molar-refractivity contribution is 7.53. The zero-order valence-corrected chi connectivity index (χ0v) is 19.8. The molecule has 0 unspecified atom stereocenters. The van der Waals surface area contributed by atoms with Crippen molar-refractivity contribution in [2.45, 2.75) is 32.9 Å². The summed E-state index contributed by atoms with van der Waals surface area (Å²) in [5, 5.41) is 17.5. The molecule has 0 radical (unpaired) electrons. The second kappa shape index (κ2) is 11.7. The Bertz CT molecular complexity index is 1150. The molecule has 0 spiro atoms. The first kappa shape index (κ1) is 25.3. The summed E-state index contributed by atoms with van der Waals surface area (Å²) in [5.74, 6) is 0.276. The van der Waals surface area contributed by atoms with Crippen LogP contribution in [0.2, 0.25) is 0 Å². The van der Waals surface area contributed by atoms with Gasteiger partial charge in [-0.15, -0.1) is 0 Å². The van der Waals surface area contributed by atoms with Crippen LogP contribution in [0.25, 0.3) is 11.3 Å². The van der Waals surface area contributed by atoms with Crippen LogP contribution in [-0.2, 0) is 31.0 Å². The van der Waals surface area contributed by atoms with Crippen LogP contribution in [0, 0.1) is 10.1 Å². The van der Waals surface area contributed by atoms with E-state index in [9.17, 15) is 19.5 Å². The van der Waals surface area contributed by atoms with Crippen LogP contribution in [0.15, 0.2) is 59.3 Å². The van der Waals surface area contributed by atoms with Crippen LogP contribution >= 0.6 is 7.60 Å². The smallest absolute Gasteiger partial charge is 0.335 e. The van der Waals surface area contributed by atoms with Crippen molar-refractivity contribution in [3.63, 3.8) is 0 Å². The van der Waals surface area contributed by atoms with E-state index in [1.165, 1.54) is 18.3 Å². The molecule has 0 aliphatic rings. The van der Waals surface area contributed by atoms with Crippen molar-refractivity contribution in [3.8, 4) is 11.3 Å². The average Bonchev–Trinajstić information content (AvgIpc) is 3.28. The summed E-state index contributed by atoms with van der Waals surface area (Å²) < 4.78 is 28.6. The van der Waals surface area contributed by atoms with Crippen LogP contribution in [0.5, 0.6) is 0 Å². The molecule has 0 fully saturated rings. The fourth-order valence-electron chi connectivity index (χ4n) is 3.32. The van der Waals surface area contributed by atoms with Crippen molar-refractivity contribution >= 4 is 24.9 Å². The van der Waals surface area contributed by atoms with Gasteiger partial charge in [0.25, 0.3) is 5.69 Å². The molecule has 1 amide bonds. The minimum Gasteiger partial charge on any atom is -0.356 e. The van der Waals surface area contributed by atoms with Gasteiger partial charge in [0.15, 0.2) is 5.76 Å². The number of benzene rings is 2. The molecule has 1 heterocycles. The van der Waals surface area contributed by atoms with Crippen molar-refractivity contribution in [1.82, 2.24) is 5.16 Å². The number of hydrogen-bond acceptors (Lipinski definition) is 8. The number of carbonyl (C=O) groups is 1. The first-order valence-electron chi connectivity index (χ1n) is 10.8. The van der Waals surface area contributed by atoms with E-state index >= 15 is 0 Å². The predicted octanol–water partition coefficient (Wildman–Crippen LogP) is 5.59. The third-order valence-electron chi connectivity index (χ3n) is 4.87. The number of nitrogens with one attached hydrogen (secondary N) is 1. The van der Waals surface area contributed by atoms with Gasteiger partial charge in [0, 0.05) is 35.4 Å². The van der Waals surface area contributed by atoms with E-state index in [4.69, 9.17) is 13.6 Å². The minimum absolute atomic E-state index is 0.0196. The molecule has 0 aliphatic heterocycles. The normalized spacial score (nSPS) is 11.4. The molecule has 3 rings (SSSR count). The van der Waals surface area contributed by atoms with E-state index in [-0.39, 0.29) is 24.2 Å². The highest BCUT2D eigenvalue weighted by Crippen LogP contribution is 2.51. The lowest BCUT2D eigenvalue weighted by molar-refractivity contribution is -0.384. The van der Waals surface area contributed by atoms with E-state index in [2.05, 4.69) is 10.5 Å². The van der Waals surface area contributed by atoms with Gasteiger partial charge in [-0.05, 0) is 50.1 Å². The van der Waals surface area contributed by atoms with Gasteiger partial charge >= 0.3 is 7.60 Å². The maximum Gasteiger partial charge on any atom is 0.335 e. The number of amides is 1. The molecule has 0 bridgehead atoms. The quantitative estimate of drug-likeness (QED) is 0.199. The lowest BCUT2D eigenvalue weighted by atomic mass is 10.0. The second-order valence-electron chi connectivity index (χ2n) is 7.33. The third-order valence-corrected chi connectivity index (χ3v) is 6.93. The molecule has 0 saturated carbocycles. The third kappa shape index (κ3) is 6.84. The van der Waals surface area contributed by atoms with E-state index < -0.39 is 12.5 Å². The van der Waals surface area contributed by atoms with Gasteiger partial charge in [0.05, 0.1) is 30.5 Å². The predicted molar refractivity (Wildman–Crippen MR) is 127 cm³/mol. The topological polar surface area (TPSA) is 134 Å². The molecule has 34 heavy (non-hydrogen) atoms. The van der Waals surface area contributed by atoms with Crippen LogP contribution < -0.4 is 5.32 Å². The van der Waals surface area contributed by atoms with E-state index in [0.29, 0.717) is 36.6 Å². The van der Waals surface area contributed by atoms with Crippen molar-refractivity contribution in [2.75, 3.05) is 18.5 Å². The zero-order chi connectivity index (χ0) is 24.6. The number of carbonyl (C=O) groups excluding carboxylic acids is 1. The number of aromatic nitrogens is 1. The Hall–Kier alpha value is -3.33. The maximum atomic E-state index is 12.7. The fraction of sp³-hybridized carbons (Fsp3) is 0.304. The summed E-state index contributed by atoms with van der Waals surface area (Å²) in [4.78, 5) is 22.8. The second-order valence-corrected chi connectivity index (χ2v) is 9.39. The summed E-state index contributed by atoms with van der Waals surface area (Å²) >= 11 is 0. The summed E-state index contributed by atoms with van der Waals surface area (Å²) in [6.45, 7) is 4.12. The van der Waals surface area contributed by atoms with Crippen molar-refractivity contribution < 1.29 is 27.9 Å². The molecule has 10 nitrogen and oxygen atoms in total. The molecule has 1 N–H and O–H groups in total. The van der Waals surface area contributed by atoms with Gasteiger partial charge in [-0.25, -0.2) is 0 Å². The molecular formula is C23H26N3O7P. The number of aryl methyl sites for hydroxylation is 1. The van der Waals surface area contributed by atoms with Crippen LogP contribution in [0.1, 0.15) is 31.4 Å². The number of anilines is 1. The molecule has 0 atom stereocenters. The molecule has 11 heteroatoms. The van der Waals surface area contributed by atoms with Crippen LogP contribution in [0.3, 0.4) is 0 Å². The molecule has 0 aliphatic carbocycles. The molecule has 3 aromatic rings. The molecule has 0 saturated heterocycles. The van der Waals surface area contributed by atoms with E-state index in [0.717, 1.165) is 11.1 Å². The van der Waals surface area contributed by atoms with Gasteiger partial charge in [-0.1, -0.05) is 17.3 Å². The van der Waals surface area contributed by atoms with Gasteiger partial charge in [0.2, 0.25) is 5.91 Å². The Morgan fingerprint density at radius 1 is 1.09 bits per heavy atom. The van der Waals surface area contributed by atoms with Crippen molar-refractivity contribution in [3.05, 3.63) is 76.0 Å². The zero-order valence-electron chi connectivity index (χ0n) is 18.9. The highest BCUT2D eigenvalue weighted by atomic mass is 31.2. The Labute approximate surface area is 196 Å². The van der Waals surface area contributed by atoms with E-state index in [1.807, 2.05) is 0 Å². The standard InChI is InChI=1S/C23H26N3O7P/c1-3-31-34(30,32-4-2)16-17-5-10-20(11-6-17)25-22(27)14-9-19-15-24-33-23(19)18-7-12-21(13-8-18)26(28)29/h5-8,10-13,15H,3-4,9,14,16H2,1-2H3,(H,25,27). The number of hydrogen-bond donors (Lipinski definition) is 1. The Morgan fingerprint density at radius 3 is 2.32 bits per heavy atom. The summed E-state index contributed by atoms with van der Waals surface area (Å²) in [6, 6.07) is 13.0. The van der Waals surface area contributed by atoms with E-state index in [1.54, 1.807) is 50.2 Å². The first-order chi connectivity index (χ1) is 16.3. The van der Waals surface area contributed by atoms with Crippen LogP contribution in [-0.4, -0.2) is 29.2 Å². The number of rotatable bonds is 12. The minimum atomic E-state index is -3.20. The van der Waals surface area contributed by atoms with Gasteiger partial charge in [0.1, 0.15) is 0 Å². The van der Waals surface area contributed by atoms with Crippen molar-refractivity contribution in [1.29, 1.82) is 0 Å². The summed E-state index contributed by atoms with van der Waals surface area (Å²) in [5.41, 5.74) is 2.74. The van der Waals surface area contributed by atoms with Gasteiger partial charge < -0.3 is 18.9 Å². The fourth-order valence-corrected chi connectivity index (χ4v) is 5.02. The SMILES string of the molecule is CCOP(=O)(Cc1ccc(NC(=O)CCc2cnoc2-c2ccc([N+](=O)[O-])cc2)cc1)OCC. The molecule has 2 aromatic carbocycles. The van der Waals surface area contributed by atoms with Crippen molar-refractivity contribution in [2.24, 2.45) is 0 Å². The Balaban J connectivity index is 1.56.